The van der Waals surface area contributed by atoms with Gasteiger partial charge in [-0.05, 0) is 44.7 Å². The van der Waals surface area contributed by atoms with Crippen LogP contribution in [0.15, 0.2) is 30.3 Å². The molecule has 1 aromatic rings. The highest BCUT2D eigenvalue weighted by Gasteiger charge is 2.23. The fourth-order valence-corrected chi connectivity index (χ4v) is 3.57. The summed E-state index contributed by atoms with van der Waals surface area (Å²) in [7, 11) is 1.91. The highest BCUT2D eigenvalue weighted by atomic mass is 16.5. The van der Waals surface area contributed by atoms with Crippen molar-refractivity contribution in [3.63, 3.8) is 0 Å². The van der Waals surface area contributed by atoms with Gasteiger partial charge >= 0.3 is 0 Å². The Bertz CT molecular complexity index is 486. The van der Waals surface area contributed by atoms with E-state index in [9.17, 15) is 4.79 Å². The van der Waals surface area contributed by atoms with E-state index < -0.39 is 0 Å². The lowest BCUT2D eigenvalue weighted by molar-refractivity contribution is -0.134. The SMILES string of the molecule is CNC(CCCCCCCOCc1ccccc1)C(=O)N1CCCCC1. The van der Waals surface area contributed by atoms with Gasteiger partial charge in [-0.3, -0.25) is 4.79 Å². The average molecular weight is 361 g/mol. The molecule has 26 heavy (non-hydrogen) atoms. The van der Waals surface area contributed by atoms with Crippen LogP contribution in [0.2, 0.25) is 0 Å². The third-order valence-corrected chi connectivity index (χ3v) is 5.21. The third-order valence-electron chi connectivity index (χ3n) is 5.21. The van der Waals surface area contributed by atoms with Gasteiger partial charge in [0.25, 0.3) is 0 Å². The summed E-state index contributed by atoms with van der Waals surface area (Å²) in [6.07, 6.45) is 10.4. The zero-order valence-electron chi connectivity index (χ0n) is 16.4. The molecule has 2 rings (SSSR count). The molecule has 4 heteroatoms. The molecule has 0 aromatic heterocycles. The Balaban J connectivity index is 1.46. The molecule has 146 valence electrons. The predicted octanol–water partition coefficient (Wildman–Crippen LogP) is 4.14. The summed E-state index contributed by atoms with van der Waals surface area (Å²) in [5, 5.41) is 3.22. The second-order valence-electron chi connectivity index (χ2n) is 7.32. The van der Waals surface area contributed by atoms with Crippen LogP contribution in [0.3, 0.4) is 0 Å². The van der Waals surface area contributed by atoms with Crippen molar-refractivity contribution in [3.05, 3.63) is 35.9 Å². The van der Waals surface area contributed by atoms with Crippen LogP contribution in [0.5, 0.6) is 0 Å². The Labute approximate surface area is 159 Å². The van der Waals surface area contributed by atoms with Gasteiger partial charge < -0.3 is 15.0 Å². The lowest BCUT2D eigenvalue weighted by Crippen LogP contribution is -2.47. The quantitative estimate of drug-likeness (QED) is 0.570. The van der Waals surface area contributed by atoms with Crippen LogP contribution in [-0.4, -0.2) is 43.6 Å². The Morgan fingerprint density at radius 3 is 2.46 bits per heavy atom. The molecule has 1 heterocycles. The molecular formula is C22H36N2O2. The molecule has 1 fully saturated rings. The fourth-order valence-electron chi connectivity index (χ4n) is 3.57. The Kier molecular flexibility index (Phi) is 10.4. The van der Waals surface area contributed by atoms with Gasteiger partial charge in [0.1, 0.15) is 0 Å². The normalized spacial score (nSPS) is 15.8. The molecule has 0 bridgehead atoms. The molecule has 0 saturated carbocycles. The number of ether oxygens (including phenoxy) is 1. The maximum absolute atomic E-state index is 12.5. The highest BCUT2D eigenvalue weighted by molar-refractivity contribution is 5.81. The van der Waals surface area contributed by atoms with E-state index in [4.69, 9.17) is 4.74 Å². The summed E-state index contributed by atoms with van der Waals surface area (Å²) in [5.74, 6) is 0.307. The third kappa shape index (κ3) is 7.88. The number of hydrogen-bond acceptors (Lipinski definition) is 3. The first-order valence-corrected chi connectivity index (χ1v) is 10.4. The summed E-state index contributed by atoms with van der Waals surface area (Å²) >= 11 is 0. The number of benzene rings is 1. The van der Waals surface area contributed by atoms with Crippen molar-refractivity contribution >= 4 is 5.91 Å². The van der Waals surface area contributed by atoms with E-state index >= 15 is 0 Å². The lowest BCUT2D eigenvalue weighted by atomic mass is 10.0. The van der Waals surface area contributed by atoms with Gasteiger partial charge in [0.15, 0.2) is 0 Å². The van der Waals surface area contributed by atoms with Crippen LogP contribution in [0.1, 0.15) is 63.4 Å². The summed E-state index contributed by atoms with van der Waals surface area (Å²) in [4.78, 5) is 14.6. The molecule has 1 aliphatic heterocycles. The first kappa shape index (κ1) is 20.9. The molecule has 0 radical (unpaired) electrons. The van der Waals surface area contributed by atoms with Crippen molar-refractivity contribution in [2.24, 2.45) is 0 Å². The zero-order valence-corrected chi connectivity index (χ0v) is 16.4. The van der Waals surface area contributed by atoms with Gasteiger partial charge in [-0.1, -0.05) is 56.0 Å². The molecule has 1 unspecified atom stereocenters. The fraction of sp³-hybridized carbons (Fsp3) is 0.682. The van der Waals surface area contributed by atoms with E-state index in [1.165, 1.54) is 31.2 Å². The number of likely N-dealkylation sites (tertiary alicyclic amines) is 1. The van der Waals surface area contributed by atoms with Crippen LogP contribution in [0, 0.1) is 0 Å². The molecule has 1 saturated heterocycles. The minimum Gasteiger partial charge on any atom is -0.377 e. The molecule has 0 spiro atoms. The Morgan fingerprint density at radius 1 is 1.04 bits per heavy atom. The number of amides is 1. The van der Waals surface area contributed by atoms with Crippen LogP contribution in [0.4, 0.5) is 0 Å². The number of nitrogens with one attached hydrogen (secondary N) is 1. The molecule has 1 atom stereocenters. The van der Waals surface area contributed by atoms with Gasteiger partial charge in [-0.2, -0.15) is 0 Å². The van der Waals surface area contributed by atoms with Crippen LogP contribution < -0.4 is 5.32 Å². The molecule has 0 aliphatic carbocycles. The number of piperidine rings is 1. The number of hydrogen-bond donors (Lipinski definition) is 1. The number of nitrogens with zero attached hydrogens (tertiary/aromatic N) is 1. The number of likely N-dealkylation sites (N-methyl/N-ethyl adjacent to an activating group) is 1. The molecule has 4 nitrogen and oxygen atoms in total. The van der Waals surface area contributed by atoms with E-state index in [0.29, 0.717) is 12.5 Å². The number of carbonyl (C=O) groups is 1. The number of unbranched alkanes of at least 4 members (excludes halogenated alkanes) is 4. The highest BCUT2D eigenvalue weighted by Crippen LogP contribution is 2.14. The standard InChI is InChI=1S/C22H36N2O2/c1-23-21(22(25)24-16-10-6-11-17-24)15-9-3-2-4-12-18-26-19-20-13-7-5-8-14-20/h5,7-8,13-14,21,23H,2-4,6,9-12,15-19H2,1H3. The van der Waals surface area contributed by atoms with E-state index in [0.717, 1.165) is 51.8 Å². The van der Waals surface area contributed by atoms with Gasteiger partial charge in [0.2, 0.25) is 5.91 Å². The Hall–Kier alpha value is -1.39. The van der Waals surface area contributed by atoms with Crippen molar-refractivity contribution in [2.75, 3.05) is 26.7 Å². The number of rotatable bonds is 12. The van der Waals surface area contributed by atoms with Crippen LogP contribution >= 0.6 is 0 Å². The molecule has 1 N–H and O–H groups in total. The molecule has 1 amide bonds. The Morgan fingerprint density at radius 2 is 1.73 bits per heavy atom. The van der Waals surface area contributed by atoms with Crippen LogP contribution in [-0.2, 0) is 16.1 Å². The van der Waals surface area contributed by atoms with E-state index in [1.54, 1.807) is 0 Å². The molecule has 1 aliphatic rings. The first-order chi connectivity index (χ1) is 12.8. The minimum absolute atomic E-state index is 0.00213. The van der Waals surface area contributed by atoms with E-state index in [2.05, 4.69) is 22.3 Å². The second-order valence-corrected chi connectivity index (χ2v) is 7.32. The van der Waals surface area contributed by atoms with Crippen molar-refractivity contribution in [1.82, 2.24) is 10.2 Å². The maximum Gasteiger partial charge on any atom is 0.239 e. The van der Waals surface area contributed by atoms with Gasteiger partial charge in [-0.15, -0.1) is 0 Å². The maximum atomic E-state index is 12.5. The molecular weight excluding hydrogens is 324 g/mol. The second kappa shape index (κ2) is 12.9. The van der Waals surface area contributed by atoms with E-state index in [1.807, 2.05) is 25.2 Å². The summed E-state index contributed by atoms with van der Waals surface area (Å²) in [5.41, 5.74) is 1.24. The average Bonchev–Trinajstić information content (AvgIpc) is 2.70. The van der Waals surface area contributed by atoms with Gasteiger partial charge in [0, 0.05) is 19.7 Å². The smallest absolute Gasteiger partial charge is 0.239 e. The van der Waals surface area contributed by atoms with Crippen molar-refractivity contribution in [2.45, 2.75) is 70.4 Å². The largest absolute Gasteiger partial charge is 0.377 e. The van der Waals surface area contributed by atoms with E-state index in [-0.39, 0.29) is 6.04 Å². The van der Waals surface area contributed by atoms with Crippen molar-refractivity contribution < 1.29 is 9.53 Å². The van der Waals surface area contributed by atoms with Crippen molar-refractivity contribution in [1.29, 1.82) is 0 Å². The monoisotopic (exact) mass is 360 g/mol. The van der Waals surface area contributed by atoms with Crippen LogP contribution in [0.25, 0.3) is 0 Å². The first-order valence-electron chi connectivity index (χ1n) is 10.4. The van der Waals surface area contributed by atoms with Gasteiger partial charge in [0.05, 0.1) is 12.6 Å². The summed E-state index contributed by atoms with van der Waals surface area (Å²) in [6, 6.07) is 10.3. The number of carbonyl (C=O) groups excluding carboxylic acids is 1. The van der Waals surface area contributed by atoms with Gasteiger partial charge in [-0.25, -0.2) is 0 Å². The zero-order chi connectivity index (χ0) is 18.5. The summed E-state index contributed by atoms with van der Waals surface area (Å²) in [6.45, 7) is 3.44. The topological polar surface area (TPSA) is 41.6 Å². The summed E-state index contributed by atoms with van der Waals surface area (Å²) < 4.78 is 5.72. The molecule has 1 aromatic carbocycles. The predicted molar refractivity (Wildman–Crippen MR) is 107 cm³/mol. The lowest BCUT2D eigenvalue weighted by Gasteiger charge is -2.30. The van der Waals surface area contributed by atoms with Crippen molar-refractivity contribution in [3.8, 4) is 0 Å². The minimum atomic E-state index is 0.00213.